The Morgan fingerprint density at radius 1 is 1.43 bits per heavy atom. The maximum atomic E-state index is 6.27. The minimum Gasteiger partial charge on any atom is -0.487 e. The van der Waals surface area contributed by atoms with Crippen molar-refractivity contribution in [2.24, 2.45) is 12.8 Å². The zero-order valence-electron chi connectivity index (χ0n) is 11.7. The number of nitrogens with two attached hydrogens (primary N) is 1. The minimum absolute atomic E-state index is 0.258. The van der Waals surface area contributed by atoms with Gasteiger partial charge < -0.3 is 10.5 Å². The van der Waals surface area contributed by atoms with E-state index in [1.807, 2.05) is 14.0 Å². The monoisotopic (exact) mass is 343 g/mol. The molecule has 0 atom stereocenters. The molecule has 2 rings (SSSR count). The number of benzene rings is 1. The minimum atomic E-state index is 0.258. The Bertz CT molecular complexity index is 685. The fourth-order valence-electron chi connectivity index (χ4n) is 1.91. The van der Waals surface area contributed by atoms with Gasteiger partial charge in [0.05, 0.1) is 21.4 Å². The lowest BCUT2D eigenvalue weighted by molar-refractivity contribution is 0.295. The maximum Gasteiger partial charge on any atom is 0.131 e. The molecule has 2 aromatic rings. The molecule has 0 radical (unpaired) electrons. The van der Waals surface area contributed by atoms with Crippen LogP contribution in [0.2, 0.25) is 10.0 Å². The van der Waals surface area contributed by atoms with E-state index in [0.717, 1.165) is 17.8 Å². The van der Waals surface area contributed by atoms with Crippen molar-refractivity contribution in [2.45, 2.75) is 20.0 Å². The Labute approximate surface area is 138 Å². The van der Waals surface area contributed by atoms with Gasteiger partial charge in [0.15, 0.2) is 0 Å². The highest BCUT2D eigenvalue weighted by Gasteiger charge is 2.14. The Morgan fingerprint density at radius 2 is 2.14 bits per heavy atom. The Morgan fingerprint density at radius 3 is 2.67 bits per heavy atom. The number of halogens is 2. The molecule has 4 nitrogen and oxygen atoms in total. The van der Waals surface area contributed by atoms with E-state index in [9.17, 15) is 0 Å². The van der Waals surface area contributed by atoms with E-state index in [4.69, 9.17) is 45.9 Å². The SMILES string of the molecule is CCc1nn(C)c(COc2ccc(C(N)=S)c(Cl)c2)c1Cl. The first-order valence-corrected chi connectivity index (χ1v) is 7.52. The third-order valence-corrected chi connectivity index (χ3v) is 4.05. The molecular formula is C14H15Cl2N3OS. The standard InChI is InChI=1S/C14H15Cl2N3OS/c1-3-11-13(16)12(19(2)18-11)7-20-8-4-5-9(14(17)21)10(15)6-8/h4-6H,3,7H2,1-2H3,(H2,17,21). The largest absolute Gasteiger partial charge is 0.487 e. The second-order valence-corrected chi connectivity index (χ2v) is 5.70. The molecule has 1 aromatic carbocycles. The van der Waals surface area contributed by atoms with Gasteiger partial charge in [-0.25, -0.2) is 0 Å². The van der Waals surface area contributed by atoms with Gasteiger partial charge in [0.25, 0.3) is 0 Å². The van der Waals surface area contributed by atoms with Gasteiger partial charge in [-0.1, -0.05) is 42.3 Å². The molecule has 21 heavy (non-hydrogen) atoms. The first-order chi connectivity index (χ1) is 9.93. The molecule has 0 aliphatic rings. The maximum absolute atomic E-state index is 6.27. The van der Waals surface area contributed by atoms with Gasteiger partial charge in [-0.2, -0.15) is 5.10 Å². The van der Waals surface area contributed by atoms with Crippen LogP contribution in [0.3, 0.4) is 0 Å². The third kappa shape index (κ3) is 3.48. The van der Waals surface area contributed by atoms with Crippen LogP contribution >= 0.6 is 35.4 Å². The topological polar surface area (TPSA) is 53.1 Å². The second kappa shape index (κ2) is 6.64. The molecule has 0 unspecified atom stereocenters. The van der Waals surface area contributed by atoms with Crippen LogP contribution < -0.4 is 10.5 Å². The van der Waals surface area contributed by atoms with Gasteiger partial charge in [-0.15, -0.1) is 0 Å². The number of ether oxygens (including phenoxy) is 1. The summed E-state index contributed by atoms with van der Waals surface area (Å²) >= 11 is 17.3. The number of rotatable bonds is 5. The summed E-state index contributed by atoms with van der Waals surface area (Å²) in [6.07, 6.45) is 0.779. The second-order valence-electron chi connectivity index (χ2n) is 4.48. The van der Waals surface area contributed by atoms with Crippen LogP contribution in [0.25, 0.3) is 0 Å². The molecule has 1 heterocycles. The summed E-state index contributed by atoms with van der Waals surface area (Å²) in [5, 5.41) is 5.45. The van der Waals surface area contributed by atoms with Gasteiger partial charge in [-0.05, 0) is 24.6 Å². The quantitative estimate of drug-likeness (QED) is 0.844. The number of thiocarbonyl (C=S) groups is 1. The summed E-state index contributed by atoms with van der Waals surface area (Å²) in [4.78, 5) is 0.258. The van der Waals surface area contributed by atoms with Crippen molar-refractivity contribution in [1.82, 2.24) is 9.78 Å². The van der Waals surface area contributed by atoms with Crippen LogP contribution in [-0.4, -0.2) is 14.8 Å². The van der Waals surface area contributed by atoms with E-state index in [0.29, 0.717) is 28.0 Å². The fraction of sp³-hybridized carbons (Fsp3) is 0.286. The smallest absolute Gasteiger partial charge is 0.131 e. The van der Waals surface area contributed by atoms with Crippen molar-refractivity contribution in [2.75, 3.05) is 0 Å². The van der Waals surface area contributed by atoms with Crippen molar-refractivity contribution in [3.05, 3.63) is 45.2 Å². The molecule has 0 aliphatic heterocycles. The van der Waals surface area contributed by atoms with Crippen LogP contribution in [0.1, 0.15) is 23.9 Å². The Balaban J connectivity index is 2.15. The summed E-state index contributed by atoms with van der Waals surface area (Å²) in [6.45, 7) is 2.32. The van der Waals surface area contributed by atoms with Crippen molar-refractivity contribution in [3.63, 3.8) is 0 Å². The number of nitrogens with zero attached hydrogens (tertiary/aromatic N) is 2. The molecule has 112 valence electrons. The predicted molar refractivity (Wildman–Crippen MR) is 89.3 cm³/mol. The highest BCUT2D eigenvalue weighted by molar-refractivity contribution is 7.80. The molecule has 0 bridgehead atoms. The van der Waals surface area contributed by atoms with E-state index < -0.39 is 0 Å². The average Bonchev–Trinajstić information content (AvgIpc) is 2.71. The van der Waals surface area contributed by atoms with Crippen molar-refractivity contribution in [3.8, 4) is 5.75 Å². The molecule has 0 amide bonds. The van der Waals surface area contributed by atoms with Crippen LogP contribution in [0.15, 0.2) is 18.2 Å². The van der Waals surface area contributed by atoms with Crippen LogP contribution in [0, 0.1) is 0 Å². The zero-order valence-corrected chi connectivity index (χ0v) is 14.0. The van der Waals surface area contributed by atoms with E-state index in [1.165, 1.54) is 0 Å². The number of aromatic nitrogens is 2. The van der Waals surface area contributed by atoms with Gasteiger partial charge in [-0.3, -0.25) is 4.68 Å². The lowest BCUT2D eigenvalue weighted by Crippen LogP contribution is -2.10. The lowest BCUT2D eigenvalue weighted by Gasteiger charge is -2.09. The Hall–Kier alpha value is -1.30. The highest BCUT2D eigenvalue weighted by atomic mass is 35.5. The number of hydrogen-bond donors (Lipinski definition) is 1. The molecule has 0 spiro atoms. The molecule has 7 heteroatoms. The highest BCUT2D eigenvalue weighted by Crippen LogP contribution is 2.25. The van der Waals surface area contributed by atoms with Gasteiger partial charge in [0.1, 0.15) is 17.3 Å². The summed E-state index contributed by atoms with van der Waals surface area (Å²) in [6, 6.07) is 5.19. The third-order valence-electron chi connectivity index (χ3n) is 3.08. The Kier molecular flexibility index (Phi) is 5.08. The summed E-state index contributed by atoms with van der Waals surface area (Å²) < 4.78 is 7.44. The van der Waals surface area contributed by atoms with Crippen molar-refractivity contribution >= 4 is 40.4 Å². The predicted octanol–water partition coefficient (Wildman–Crippen LogP) is 3.50. The summed E-state index contributed by atoms with van der Waals surface area (Å²) in [7, 11) is 1.84. The van der Waals surface area contributed by atoms with Crippen molar-refractivity contribution < 1.29 is 4.74 Å². The van der Waals surface area contributed by atoms with E-state index in [-0.39, 0.29) is 4.99 Å². The summed E-state index contributed by atoms with van der Waals surface area (Å²) in [5.41, 5.74) is 7.88. The molecule has 0 fully saturated rings. The van der Waals surface area contributed by atoms with Crippen LogP contribution in [0.5, 0.6) is 5.75 Å². The van der Waals surface area contributed by atoms with Gasteiger partial charge in [0.2, 0.25) is 0 Å². The molecule has 0 saturated heterocycles. The van der Waals surface area contributed by atoms with Crippen LogP contribution in [-0.2, 0) is 20.1 Å². The number of aryl methyl sites for hydroxylation is 2. The molecule has 1 aromatic heterocycles. The average molecular weight is 344 g/mol. The molecule has 2 N–H and O–H groups in total. The van der Waals surface area contributed by atoms with E-state index in [1.54, 1.807) is 22.9 Å². The lowest BCUT2D eigenvalue weighted by atomic mass is 10.2. The molecule has 0 aliphatic carbocycles. The first-order valence-electron chi connectivity index (χ1n) is 6.36. The summed E-state index contributed by atoms with van der Waals surface area (Å²) in [5.74, 6) is 0.621. The van der Waals surface area contributed by atoms with Gasteiger partial charge in [0, 0.05) is 12.6 Å². The van der Waals surface area contributed by atoms with Crippen LogP contribution in [0.4, 0.5) is 0 Å². The van der Waals surface area contributed by atoms with E-state index >= 15 is 0 Å². The molecule has 0 saturated carbocycles. The first kappa shape index (κ1) is 16.1. The van der Waals surface area contributed by atoms with Crippen molar-refractivity contribution in [1.29, 1.82) is 0 Å². The number of hydrogen-bond acceptors (Lipinski definition) is 3. The van der Waals surface area contributed by atoms with Gasteiger partial charge >= 0.3 is 0 Å². The van der Waals surface area contributed by atoms with E-state index in [2.05, 4.69) is 5.10 Å². The normalized spacial score (nSPS) is 10.7. The fourth-order valence-corrected chi connectivity index (χ4v) is 2.77. The molecular weight excluding hydrogens is 329 g/mol. The zero-order chi connectivity index (χ0) is 15.6.